The van der Waals surface area contributed by atoms with Crippen molar-refractivity contribution in [1.82, 2.24) is 4.90 Å². The maximum atomic E-state index is 9.55. The molecule has 0 radical (unpaired) electrons. The van der Waals surface area contributed by atoms with Gasteiger partial charge in [0.2, 0.25) is 0 Å². The lowest BCUT2D eigenvalue weighted by molar-refractivity contribution is -0.134. The summed E-state index contributed by atoms with van der Waals surface area (Å²) in [5.41, 5.74) is 3.59. The predicted octanol–water partition coefficient (Wildman–Crippen LogP) is 4.69. The van der Waals surface area contributed by atoms with E-state index in [9.17, 15) is 9.59 Å². The molecule has 0 bridgehead atoms. The molecule has 1 aliphatic heterocycles. The molecule has 3 rings (SSSR count). The normalized spacial score (nSPS) is 11.8. The summed E-state index contributed by atoms with van der Waals surface area (Å²) in [6.07, 6.45) is 5.45. The van der Waals surface area contributed by atoms with Crippen LogP contribution in [0.3, 0.4) is 0 Å². The van der Waals surface area contributed by atoms with E-state index in [1.54, 1.807) is 11.8 Å². The Morgan fingerprint density at radius 1 is 1.06 bits per heavy atom. The third kappa shape index (κ3) is 8.02. The number of carboxylic acids is 2. The standard InChI is InChI=1S/C20H19NS2.C4H4O4/c1-21(2)12-6-8-15-13-16-7-4-5-9-19(16)23-20-11-10-17(22-3)14-18(15)20;5-3(6)1-2-4(7)8/h4-5,7,9-11,13-14H,12H2,1-3H3;1-2H,(H,5,6)(H,7,8). The molecule has 7 heteroatoms. The minimum Gasteiger partial charge on any atom is -0.478 e. The summed E-state index contributed by atoms with van der Waals surface area (Å²) in [5.74, 6) is 4.16. The van der Waals surface area contributed by atoms with E-state index >= 15 is 0 Å². The van der Waals surface area contributed by atoms with Crippen molar-refractivity contribution in [2.75, 3.05) is 26.9 Å². The number of hydrogen-bond donors (Lipinski definition) is 2. The van der Waals surface area contributed by atoms with Crippen LogP contribution in [0.1, 0.15) is 11.1 Å². The summed E-state index contributed by atoms with van der Waals surface area (Å²) in [6.45, 7) is 0.768. The fourth-order valence-corrected chi connectivity index (χ4v) is 4.00. The van der Waals surface area contributed by atoms with Crippen molar-refractivity contribution in [2.45, 2.75) is 14.7 Å². The minimum absolute atomic E-state index is 0.558. The van der Waals surface area contributed by atoms with E-state index in [0.29, 0.717) is 12.2 Å². The van der Waals surface area contributed by atoms with Gasteiger partial charge in [0.15, 0.2) is 0 Å². The van der Waals surface area contributed by atoms with Crippen molar-refractivity contribution in [3.8, 4) is 11.8 Å². The average molecular weight is 454 g/mol. The van der Waals surface area contributed by atoms with Crippen molar-refractivity contribution in [3.05, 3.63) is 65.7 Å². The van der Waals surface area contributed by atoms with Gasteiger partial charge in [-0.15, -0.1) is 11.8 Å². The number of aliphatic carboxylic acids is 2. The van der Waals surface area contributed by atoms with Gasteiger partial charge in [0, 0.05) is 38.0 Å². The molecule has 2 N–H and O–H groups in total. The summed E-state index contributed by atoms with van der Waals surface area (Å²) in [7, 11) is 4.09. The largest absolute Gasteiger partial charge is 0.478 e. The Kier molecular flexibility index (Phi) is 9.47. The molecule has 0 fully saturated rings. The lowest BCUT2D eigenvalue weighted by atomic mass is 10.0. The predicted molar refractivity (Wildman–Crippen MR) is 127 cm³/mol. The van der Waals surface area contributed by atoms with E-state index in [1.165, 1.54) is 25.8 Å². The van der Waals surface area contributed by atoms with Gasteiger partial charge in [0.1, 0.15) is 0 Å². The monoisotopic (exact) mass is 453 g/mol. The highest BCUT2D eigenvalue weighted by atomic mass is 32.2. The molecule has 5 nitrogen and oxygen atoms in total. The molecular formula is C24H23NO4S2. The Morgan fingerprint density at radius 3 is 2.35 bits per heavy atom. The molecular weight excluding hydrogens is 430 g/mol. The number of rotatable bonds is 4. The second-order valence-electron chi connectivity index (χ2n) is 6.61. The van der Waals surface area contributed by atoms with E-state index in [4.69, 9.17) is 10.2 Å². The third-order valence-corrected chi connectivity index (χ3v) is 5.80. The Bertz CT molecular complexity index is 1060. The molecule has 0 atom stereocenters. The van der Waals surface area contributed by atoms with Gasteiger partial charge in [-0.2, -0.15) is 0 Å². The highest BCUT2D eigenvalue weighted by molar-refractivity contribution is 7.99. The molecule has 1 heterocycles. The number of nitrogens with zero attached hydrogens (tertiary/aromatic N) is 1. The van der Waals surface area contributed by atoms with Crippen LogP contribution in [-0.2, 0) is 9.59 Å². The van der Waals surface area contributed by atoms with E-state index < -0.39 is 11.9 Å². The van der Waals surface area contributed by atoms with Crippen LogP contribution in [0.25, 0.3) is 11.6 Å². The first kappa shape index (κ1) is 24.4. The van der Waals surface area contributed by atoms with Crippen molar-refractivity contribution in [2.24, 2.45) is 0 Å². The fraction of sp³-hybridized carbons (Fsp3) is 0.167. The highest BCUT2D eigenvalue weighted by Crippen LogP contribution is 2.41. The molecule has 0 saturated heterocycles. The van der Waals surface area contributed by atoms with Crippen LogP contribution in [0.5, 0.6) is 0 Å². The zero-order valence-corrected chi connectivity index (χ0v) is 19.1. The number of benzene rings is 2. The smallest absolute Gasteiger partial charge is 0.328 e. The topological polar surface area (TPSA) is 77.8 Å². The van der Waals surface area contributed by atoms with Crippen molar-refractivity contribution < 1.29 is 19.8 Å². The SMILES string of the molecule is CSc1ccc2c(c1)C(C#CCN(C)C)=Cc1ccccc1S2.O=C(O)C=CC(=O)O. The maximum absolute atomic E-state index is 9.55. The zero-order chi connectivity index (χ0) is 22.8. The molecule has 160 valence electrons. The summed E-state index contributed by atoms with van der Waals surface area (Å²) in [4.78, 5) is 25.0. The van der Waals surface area contributed by atoms with Gasteiger partial charge >= 0.3 is 11.9 Å². The van der Waals surface area contributed by atoms with Gasteiger partial charge in [0.25, 0.3) is 0 Å². The van der Waals surface area contributed by atoms with Crippen molar-refractivity contribution >= 4 is 47.1 Å². The van der Waals surface area contributed by atoms with E-state index in [-0.39, 0.29) is 0 Å². The molecule has 2 aromatic carbocycles. The summed E-state index contributed by atoms with van der Waals surface area (Å²) >= 11 is 3.60. The Hall–Kier alpha value is -2.92. The quantitative estimate of drug-likeness (QED) is 0.395. The first-order chi connectivity index (χ1) is 14.8. The van der Waals surface area contributed by atoms with Gasteiger partial charge < -0.3 is 10.2 Å². The summed E-state index contributed by atoms with van der Waals surface area (Å²) in [6, 6.07) is 15.2. The average Bonchev–Trinajstić information content (AvgIpc) is 2.88. The number of carboxylic acid groups (broad SMARTS) is 2. The van der Waals surface area contributed by atoms with Crippen molar-refractivity contribution in [1.29, 1.82) is 0 Å². The van der Waals surface area contributed by atoms with Gasteiger partial charge in [-0.05, 0) is 56.3 Å². The zero-order valence-electron chi connectivity index (χ0n) is 17.5. The summed E-state index contributed by atoms with van der Waals surface area (Å²) in [5, 5.41) is 15.6. The van der Waals surface area contributed by atoms with Crippen LogP contribution in [0.2, 0.25) is 0 Å². The molecule has 2 aromatic rings. The Balaban J connectivity index is 0.000000366. The van der Waals surface area contributed by atoms with Crippen LogP contribution < -0.4 is 0 Å². The lowest BCUT2D eigenvalue weighted by Crippen LogP contribution is -2.10. The Morgan fingerprint density at radius 2 is 1.74 bits per heavy atom. The second kappa shape index (κ2) is 12.1. The molecule has 0 saturated carbocycles. The third-order valence-electron chi connectivity index (χ3n) is 3.90. The van der Waals surface area contributed by atoms with Crippen LogP contribution in [0.15, 0.2) is 69.3 Å². The van der Waals surface area contributed by atoms with Crippen LogP contribution in [-0.4, -0.2) is 53.9 Å². The number of fused-ring (bicyclic) bond motifs is 2. The molecule has 0 amide bonds. The van der Waals surface area contributed by atoms with E-state index in [0.717, 1.165) is 12.1 Å². The molecule has 31 heavy (non-hydrogen) atoms. The maximum Gasteiger partial charge on any atom is 0.328 e. The van der Waals surface area contributed by atoms with Gasteiger partial charge in [-0.3, -0.25) is 4.90 Å². The molecule has 1 aliphatic rings. The summed E-state index contributed by atoms with van der Waals surface area (Å²) < 4.78 is 0. The molecule has 0 spiro atoms. The van der Waals surface area contributed by atoms with Gasteiger partial charge in [-0.1, -0.05) is 41.8 Å². The second-order valence-corrected chi connectivity index (χ2v) is 8.57. The number of hydrogen-bond acceptors (Lipinski definition) is 5. The van der Waals surface area contributed by atoms with Gasteiger partial charge in [0.05, 0.1) is 6.54 Å². The Labute approximate surface area is 190 Å². The number of carbonyl (C=O) groups is 2. The number of thioether (sulfide) groups is 1. The van der Waals surface area contributed by atoms with E-state index in [1.807, 2.05) is 25.9 Å². The van der Waals surface area contributed by atoms with Gasteiger partial charge in [-0.25, -0.2) is 9.59 Å². The fourth-order valence-electron chi connectivity index (χ4n) is 2.52. The molecule has 0 unspecified atom stereocenters. The van der Waals surface area contributed by atoms with Crippen LogP contribution >= 0.6 is 23.5 Å². The van der Waals surface area contributed by atoms with Crippen LogP contribution in [0, 0.1) is 11.8 Å². The highest BCUT2D eigenvalue weighted by Gasteiger charge is 2.15. The molecule has 0 aromatic heterocycles. The van der Waals surface area contributed by atoms with Crippen molar-refractivity contribution in [3.63, 3.8) is 0 Å². The molecule has 0 aliphatic carbocycles. The number of allylic oxidation sites excluding steroid dienone is 1. The first-order valence-corrected chi connectivity index (χ1v) is 11.3. The minimum atomic E-state index is -1.26. The van der Waals surface area contributed by atoms with E-state index in [2.05, 4.69) is 71.5 Å². The first-order valence-electron chi connectivity index (χ1n) is 9.24. The van der Waals surface area contributed by atoms with Crippen LogP contribution in [0.4, 0.5) is 0 Å². The lowest BCUT2D eigenvalue weighted by Gasteiger charge is -2.08.